The number of fused-ring (bicyclic) bond motifs is 1. The van der Waals surface area contributed by atoms with Crippen molar-refractivity contribution in [3.8, 4) is 11.5 Å². The highest BCUT2D eigenvalue weighted by molar-refractivity contribution is 5.97. The number of benzene rings is 2. The van der Waals surface area contributed by atoms with E-state index in [1.165, 1.54) is 0 Å². The van der Waals surface area contributed by atoms with Gasteiger partial charge in [-0.25, -0.2) is 0 Å². The Morgan fingerprint density at radius 1 is 1.11 bits per heavy atom. The lowest BCUT2D eigenvalue weighted by atomic mass is 10.2. The molecule has 7 nitrogen and oxygen atoms in total. The number of carbonyl (C=O) groups is 2. The standard InChI is InChI=1S/C20H23N3O4/c1-3-21-20(25)15-5-4-6-16(10-15)22-19(24)12-23(2)11-14-7-8-17-18(9-14)27-13-26-17/h4-10H,3,11-13H2,1-2H3,(H,21,25)(H,22,24)/p+1. The van der Waals surface area contributed by atoms with Crippen LogP contribution in [-0.4, -0.2) is 38.7 Å². The van der Waals surface area contributed by atoms with E-state index in [1.807, 2.05) is 32.2 Å². The Morgan fingerprint density at radius 3 is 2.74 bits per heavy atom. The number of hydrogen-bond acceptors (Lipinski definition) is 4. The van der Waals surface area contributed by atoms with E-state index < -0.39 is 0 Å². The number of likely N-dealkylation sites (N-methyl/N-ethyl adjacent to an activating group) is 1. The molecular weight excluding hydrogens is 346 g/mol. The fourth-order valence-corrected chi connectivity index (χ4v) is 2.94. The van der Waals surface area contributed by atoms with Crippen molar-refractivity contribution in [3.05, 3.63) is 53.6 Å². The maximum absolute atomic E-state index is 12.3. The van der Waals surface area contributed by atoms with E-state index in [9.17, 15) is 9.59 Å². The van der Waals surface area contributed by atoms with Crippen molar-refractivity contribution in [2.75, 3.05) is 32.2 Å². The Morgan fingerprint density at radius 2 is 1.93 bits per heavy atom. The third-order valence-corrected chi connectivity index (χ3v) is 4.15. The molecule has 0 spiro atoms. The van der Waals surface area contributed by atoms with Crippen molar-refractivity contribution in [1.29, 1.82) is 0 Å². The van der Waals surface area contributed by atoms with Gasteiger partial charge < -0.3 is 25.0 Å². The molecule has 1 unspecified atom stereocenters. The summed E-state index contributed by atoms with van der Waals surface area (Å²) >= 11 is 0. The molecule has 3 rings (SSSR count). The first kappa shape index (κ1) is 18.7. The first-order valence-corrected chi connectivity index (χ1v) is 8.93. The van der Waals surface area contributed by atoms with Crippen molar-refractivity contribution in [3.63, 3.8) is 0 Å². The van der Waals surface area contributed by atoms with Gasteiger partial charge >= 0.3 is 0 Å². The molecule has 27 heavy (non-hydrogen) atoms. The SMILES string of the molecule is CCNC(=O)c1cccc(NC(=O)C[NH+](C)Cc2ccc3c(c2)OCO3)c1. The summed E-state index contributed by atoms with van der Waals surface area (Å²) in [6, 6.07) is 12.7. The molecule has 0 fully saturated rings. The molecule has 1 aliphatic rings. The molecule has 0 saturated heterocycles. The van der Waals surface area contributed by atoms with Crippen LogP contribution in [0.1, 0.15) is 22.8 Å². The maximum Gasteiger partial charge on any atom is 0.279 e. The molecule has 0 bridgehead atoms. The van der Waals surface area contributed by atoms with Crippen molar-refractivity contribution in [2.45, 2.75) is 13.5 Å². The zero-order valence-corrected chi connectivity index (χ0v) is 15.5. The van der Waals surface area contributed by atoms with Crippen molar-refractivity contribution in [1.82, 2.24) is 5.32 Å². The molecule has 0 aliphatic carbocycles. The molecular formula is C20H24N3O4+. The number of nitrogens with one attached hydrogen (secondary N) is 3. The Bertz CT molecular complexity index is 838. The number of anilines is 1. The summed E-state index contributed by atoms with van der Waals surface area (Å²) in [6.45, 7) is 3.66. The van der Waals surface area contributed by atoms with Gasteiger partial charge in [-0.1, -0.05) is 6.07 Å². The van der Waals surface area contributed by atoms with Crippen LogP contribution in [0.3, 0.4) is 0 Å². The van der Waals surface area contributed by atoms with Gasteiger partial charge in [0, 0.05) is 23.4 Å². The zero-order valence-electron chi connectivity index (χ0n) is 15.5. The van der Waals surface area contributed by atoms with Crippen LogP contribution in [0, 0.1) is 0 Å². The van der Waals surface area contributed by atoms with E-state index in [0.717, 1.165) is 22.0 Å². The second kappa shape index (κ2) is 8.55. The van der Waals surface area contributed by atoms with Crippen LogP contribution < -0.4 is 25.0 Å². The maximum atomic E-state index is 12.3. The van der Waals surface area contributed by atoms with E-state index in [2.05, 4.69) is 10.6 Å². The fraction of sp³-hybridized carbons (Fsp3) is 0.300. The summed E-state index contributed by atoms with van der Waals surface area (Å²) in [5.74, 6) is 1.23. The molecule has 0 aromatic heterocycles. The highest BCUT2D eigenvalue weighted by Gasteiger charge is 2.16. The van der Waals surface area contributed by atoms with Gasteiger partial charge in [-0.05, 0) is 43.3 Å². The van der Waals surface area contributed by atoms with Gasteiger partial charge in [0.25, 0.3) is 11.8 Å². The van der Waals surface area contributed by atoms with E-state index in [-0.39, 0.29) is 18.6 Å². The monoisotopic (exact) mass is 370 g/mol. The predicted octanol–water partition coefficient (Wildman–Crippen LogP) is 0.818. The Labute approximate surface area is 158 Å². The second-order valence-corrected chi connectivity index (χ2v) is 6.49. The average Bonchev–Trinajstić information content (AvgIpc) is 3.09. The molecule has 7 heteroatoms. The molecule has 3 N–H and O–H groups in total. The summed E-state index contributed by atoms with van der Waals surface area (Å²) in [6.07, 6.45) is 0. The van der Waals surface area contributed by atoms with Gasteiger partial charge in [-0.3, -0.25) is 9.59 Å². The topological polar surface area (TPSA) is 81.1 Å². The van der Waals surface area contributed by atoms with Gasteiger partial charge in [0.2, 0.25) is 6.79 Å². The van der Waals surface area contributed by atoms with Crippen molar-refractivity contribution in [2.24, 2.45) is 0 Å². The average molecular weight is 370 g/mol. The highest BCUT2D eigenvalue weighted by Crippen LogP contribution is 2.32. The van der Waals surface area contributed by atoms with Crippen LogP contribution in [-0.2, 0) is 11.3 Å². The number of rotatable bonds is 7. The Kier molecular flexibility index (Phi) is 5.93. The van der Waals surface area contributed by atoms with E-state index in [1.54, 1.807) is 24.3 Å². The largest absolute Gasteiger partial charge is 0.454 e. The number of carbonyl (C=O) groups excluding carboxylic acids is 2. The number of amides is 2. The molecule has 2 aromatic carbocycles. The number of quaternary nitrogens is 1. The van der Waals surface area contributed by atoms with E-state index >= 15 is 0 Å². The molecule has 1 aliphatic heterocycles. The predicted molar refractivity (Wildman–Crippen MR) is 101 cm³/mol. The van der Waals surface area contributed by atoms with Crippen LogP contribution in [0.15, 0.2) is 42.5 Å². The first-order chi connectivity index (χ1) is 13.0. The molecule has 0 saturated carbocycles. The fourth-order valence-electron chi connectivity index (χ4n) is 2.94. The lowest BCUT2D eigenvalue weighted by Gasteiger charge is -2.14. The molecule has 142 valence electrons. The summed E-state index contributed by atoms with van der Waals surface area (Å²) in [4.78, 5) is 25.3. The molecule has 1 heterocycles. The van der Waals surface area contributed by atoms with Gasteiger partial charge in [0.15, 0.2) is 18.0 Å². The number of hydrogen-bond donors (Lipinski definition) is 3. The van der Waals surface area contributed by atoms with Gasteiger partial charge in [-0.15, -0.1) is 0 Å². The third-order valence-electron chi connectivity index (χ3n) is 4.15. The summed E-state index contributed by atoms with van der Waals surface area (Å²) in [5.41, 5.74) is 2.21. The minimum Gasteiger partial charge on any atom is -0.454 e. The van der Waals surface area contributed by atoms with Crippen LogP contribution in [0.5, 0.6) is 11.5 Å². The Balaban J connectivity index is 1.54. The third kappa shape index (κ3) is 4.98. The van der Waals surface area contributed by atoms with Gasteiger partial charge in [0.1, 0.15) is 6.54 Å². The Hall–Kier alpha value is -3.06. The summed E-state index contributed by atoms with van der Waals surface area (Å²) in [7, 11) is 1.95. The minimum atomic E-state index is -0.154. The molecule has 2 amide bonds. The van der Waals surface area contributed by atoms with Crippen LogP contribution in [0.2, 0.25) is 0 Å². The molecule has 0 radical (unpaired) electrons. The van der Waals surface area contributed by atoms with E-state index in [4.69, 9.17) is 9.47 Å². The smallest absolute Gasteiger partial charge is 0.279 e. The highest BCUT2D eigenvalue weighted by atomic mass is 16.7. The number of ether oxygens (including phenoxy) is 2. The van der Waals surface area contributed by atoms with Crippen LogP contribution in [0.4, 0.5) is 5.69 Å². The quantitative estimate of drug-likeness (QED) is 0.674. The van der Waals surface area contributed by atoms with Gasteiger partial charge in [-0.2, -0.15) is 0 Å². The van der Waals surface area contributed by atoms with Crippen LogP contribution >= 0.6 is 0 Å². The molecule has 2 aromatic rings. The van der Waals surface area contributed by atoms with Crippen molar-refractivity contribution >= 4 is 17.5 Å². The second-order valence-electron chi connectivity index (χ2n) is 6.49. The van der Waals surface area contributed by atoms with Gasteiger partial charge in [0.05, 0.1) is 7.05 Å². The zero-order chi connectivity index (χ0) is 19.2. The minimum absolute atomic E-state index is 0.110. The molecule has 1 atom stereocenters. The lowest BCUT2D eigenvalue weighted by Crippen LogP contribution is -3.08. The summed E-state index contributed by atoms with van der Waals surface area (Å²) in [5, 5.41) is 5.60. The van der Waals surface area contributed by atoms with Crippen LogP contribution in [0.25, 0.3) is 0 Å². The normalized spacial score (nSPS) is 13.1. The van der Waals surface area contributed by atoms with E-state index in [0.29, 0.717) is 30.9 Å². The lowest BCUT2D eigenvalue weighted by molar-refractivity contribution is -0.885. The van der Waals surface area contributed by atoms with Crippen molar-refractivity contribution < 1.29 is 24.0 Å². The summed E-state index contributed by atoms with van der Waals surface area (Å²) < 4.78 is 10.7. The first-order valence-electron chi connectivity index (χ1n) is 8.93.